The molecule has 4 nitrogen and oxygen atoms in total. The number of hydrogen-bond donors (Lipinski definition) is 0. The molecule has 30 heavy (non-hydrogen) atoms. The average molecular weight is 400 g/mol. The molecule has 0 N–H and O–H groups in total. The minimum atomic E-state index is -1.63. The third-order valence-electron chi connectivity index (χ3n) is 4.78. The first-order valence-corrected chi connectivity index (χ1v) is 9.58. The van der Waals surface area contributed by atoms with E-state index < -0.39 is 12.9 Å². The molecule has 3 aromatic carbocycles. The summed E-state index contributed by atoms with van der Waals surface area (Å²) in [6.45, 7) is 0. The average Bonchev–Trinajstić information content (AvgIpc) is 2.84. The van der Waals surface area contributed by atoms with Gasteiger partial charge in [-0.2, -0.15) is 4.86 Å². The summed E-state index contributed by atoms with van der Waals surface area (Å²) in [5.74, 6) is 0. The van der Waals surface area contributed by atoms with Crippen LogP contribution >= 0.6 is 0 Å². The minimum absolute atomic E-state index is 0.811. The van der Waals surface area contributed by atoms with E-state index in [1.807, 2.05) is 97.1 Å². The van der Waals surface area contributed by atoms with Crippen LogP contribution in [0.15, 0.2) is 122 Å². The number of benzene rings is 3. The van der Waals surface area contributed by atoms with Gasteiger partial charge < -0.3 is 4.65 Å². The van der Waals surface area contributed by atoms with E-state index in [2.05, 4.69) is 4.86 Å². The highest BCUT2D eigenvalue weighted by molar-refractivity contribution is 6.36. The Kier molecular flexibility index (Phi) is 6.18. The first-order chi connectivity index (χ1) is 14.8. The number of rotatable bonds is 8. The van der Waals surface area contributed by atoms with E-state index in [0.29, 0.717) is 0 Å². The highest BCUT2D eigenvalue weighted by atomic mass is 19.3. The lowest BCUT2D eigenvalue weighted by molar-refractivity contribution is -0.867. The van der Waals surface area contributed by atoms with Gasteiger partial charge in [0, 0.05) is 12.1 Å². The monoisotopic (exact) mass is 400 g/mol. The summed E-state index contributed by atoms with van der Waals surface area (Å²) in [5, 5.41) is 0. The minimum Gasteiger partial charge on any atom is -0.351 e. The van der Waals surface area contributed by atoms with Crippen molar-refractivity contribution < 1.29 is 23.5 Å². The lowest BCUT2D eigenvalue weighted by atomic mass is 9.79. The summed E-state index contributed by atoms with van der Waals surface area (Å²) < 4.78 is 26.9. The van der Waals surface area contributed by atoms with Gasteiger partial charge in [-0.15, -0.1) is 0 Å². The summed E-state index contributed by atoms with van der Waals surface area (Å²) in [7, 11) is -1.63. The van der Waals surface area contributed by atoms with Crippen molar-refractivity contribution in [2.45, 2.75) is 5.60 Å². The van der Waals surface area contributed by atoms with Gasteiger partial charge in [-0.05, 0) is 21.4 Å². The molecule has 6 heteroatoms. The van der Waals surface area contributed by atoms with E-state index in [-0.39, 0.29) is 0 Å². The Labute approximate surface area is 175 Å². The molecule has 4 aromatic rings. The summed E-state index contributed by atoms with van der Waals surface area (Å²) >= 11 is 0. The highest BCUT2D eigenvalue weighted by Gasteiger charge is 2.47. The van der Waals surface area contributed by atoms with Gasteiger partial charge in [-0.25, -0.2) is 0 Å². The highest BCUT2D eigenvalue weighted by Crippen LogP contribution is 2.40. The molecule has 0 aliphatic heterocycles. The molecule has 1 aromatic heterocycles. The Balaban J connectivity index is 1.86. The van der Waals surface area contributed by atoms with Crippen molar-refractivity contribution in [3.8, 4) is 0 Å². The van der Waals surface area contributed by atoms with E-state index in [9.17, 15) is 4.53 Å². The van der Waals surface area contributed by atoms with Crippen molar-refractivity contribution in [3.05, 3.63) is 138 Å². The molecule has 0 saturated carbocycles. The Morgan fingerprint density at radius 2 is 1.00 bits per heavy atom. The molecule has 0 aliphatic carbocycles. The predicted octanol–water partition coefficient (Wildman–Crippen LogP) is 4.30. The first-order valence-electron chi connectivity index (χ1n) is 9.58. The van der Waals surface area contributed by atoms with Gasteiger partial charge in [0.2, 0.25) is 12.4 Å². The van der Waals surface area contributed by atoms with Gasteiger partial charge in [-0.3, -0.25) is 4.76 Å². The van der Waals surface area contributed by atoms with E-state index >= 15 is 0 Å². The van der Waals surface area contributed by atoms with Crippen LogP contribution in [-0.4, -0.2) is 7.32 Å². The number of pyridine rings is 1. The summed E-state index contributed by atoms with van der Waals surface area (Å²) in [6, 6.07) is 34.2. The lowest BCUT2D eigenvalue weighted by Gasteiger charge is -2.35. The van der Waals surface area contributed by atoms with E-state index in [1.165, 1.54) is 4.73 Å². The summed E-state index contributed by atoms with van der Waals surface area (Å²) in [4.78, 5) is 4.11. The zero-order chi connectivity index (χ0) is 20.7. The van der Waals surface area contributed by atoms with Gasteiger partial charge in [0.1, 0.15) is 5.60 Å². The van der Waals surface area contributed by atoms with Gasteiger partial charge in [-0.1, -0.05) is 102 Å². The van der Waals surface area contributed by atoms with Crippen LogP contribution in [0.1, 0.15) is 16.7 Å². The molecule has 0 unspecified atom stereocenters. The normalized spacial score (nSPS) is 11.1. The zero-order valence-electron chi connectivity index (χ0n) is 16.2. The van der Waals surface area contributed by atoms with Crippen LogP contribution in [0.3, 0.4) is 0 Å². The van der Waals surface area contributed by atoms with Gasteiger partial charge >= 0.3 is 7.32 Å². The van der Waals surface area contributed by atoms with Crippen LogP contribution in [0.2, 0.25) is 0 Å². The fraction of sp³-hybridized carbons (Fsp3) is 0.0417. The molecule has 4 rings (SSSR count). The molecule has 0 radical (unpaired) electrons. The summed E-state index contributed by atoms with van der Waals surface area (Å²) in [5.41, 5.74) is 1.26. The number of hydrogen-bond acceptors (Lipinski definition) is 3. The van der Waals surface area contributed by atoms with E-state index in [4.69, 9.17) is 9.41 Å². The van der Waals surface area contributed by atoms with Crippen LogP contribution in [-0.2, 0) is 15.1 Å². The molecule has 1 heterocycles. The zero-order valence-corrected chi connectivity index (χ0v) is 16.2. The van der Waals surface area contributed by atoms with Gasteiger partial charge in [0.25, 0.3) is 0 Å². The molecule has 0 amide bonds. The van der Waals surface area contributed by atoms with Crippen molar-refractivity contribution in [2.24, 2.45) is 0 Å². The van der Waals surface area contributed by atoms with Crippen molar-refractivity contribution in [1.82, 2.24) is 0 Å². The maximum Gasteiger partial charge on any atom is 0.809 e. The quantitative estimate of drug-likeness (QED) is 0.251. The van der Waals surface area contributed by atoms with Crippen molar-refractivity contribution in [1.29, 1.82) is 0 Å². The molecule has 0 spiro atoms. The first kappa shape index (κ1) is 19.8. The molecule has 0 saturated heterocycles. The SMILES string of the molecule is FOB(O[n+]1ccccc1)OC(c1ccccc1)(c1ccccc1)c1ccccc1. The van der Waals surface area contributed by atoms with Crippen LogP contribution in [0, 0.1) is 0 Å². The van der Waals surface area contributed by atoms with Crippen molar-refractivity contribution >= 4 is 7.32 Å². The number of aromatic nitrogens is 1. The molecule has 148 valence electrons. The Morgan fingerprint density at radius 1 is 0.600 bits per heavy atom. The second-order valence-corrected chi connectivity index (χ2v) is 6.62. The molecule has 0 fully saturated rings. The predicted molar refractivity (Wildman–Crippen MR) is 111 cm³/mol. The number of halogens is 1. The molecular formula is C24H20BFNO3+. The smallest absolute Gasteiger partial charge is 0.351 e. The molecular weight excluding hydrogens is 380 g/mol. The third-order valence-corrected chi connectivity index (χ3v) is 4.78. The van der Waals surface area contributed by atoms with Gasteiger partial charge in [0.15, 0.2) is 0 Å². The van der Waals surface area contributed by atoms with Gasteiger partial charge in [0.05, 0.1) is 0 Å². The summed E-state index contributed by atoms with van der Waals surface area (Å²) in [6.07, 6.45) is 3.26. The second kappa shape index (κ2) is 9.35. The lowest BCUT2D eigenvalue weighted by Crippen LogP contribution is -2.54. The second-order valence-electron chi connectivity index (χ2n) is 6.62. The van der Waals surface area contributed by atoms with Crippen LogP contribution in [0.5, 0.6) is 0 Å². The Hall–Kier alpha value is -3.48. The number of nitrogens with zero attached hydrogens (tertiary/aromatic N) is 1. The maximum atomic E-state index is 13.7. The molecule has 0 aliphatic rings. The van der Waals surface area contributed by atoms with E-state index in [0.717, 1.165) is 16.7 Å². The van der Waals surface area contributed by atoms with Crippen LogP contribution in [0.4, 0.5) is 4.53 Å². The third kappa shape index (κ3) is 4.10. The van der Waals surface area contributed by atoms with Crippen LogP contribution < -0.4 is 9.49 Å². The van der Waals surface area contributed by atoms with E-state index in [1.54, 1.807) is 24.5 Å². The Bertz CT molecular complexity index is 940. The van der Waals surface area contributed by atoms with Crippen molar-refractivity contribution in [3.63, 3.8) is 0 Å². The maximum absolute atomic E-state index is 13.7. The molecule has 0 bridgehead atoms. The van der Waals surface area contributed by atoms with Crippen LogP contribution in [0.25, 0.3) is 0 Å². The topological polar surface area (TPSA) is 31.6 Å². The van der Waals surface area contributed by atoms with Crippen molar-refractivity contribution in [2.75, 3.05) is 0 Å². The fourth-order valence-corrected chi connectivity index (χ4v) is 3.48. The fourth-order valence-electron chi connectivity index (χ4n) is 3.48. The largest absolute Gasteiger partial charge is 0.809 e. The molecule has 0 atom stereocenters. The Morgan fingerprint density at radius 3 is 1.40 bits per heavy atom. The standard InChI is InChI=1S/C24H20BFNO3/c26-29-25(30-27-19-11-4-12-20-27)28-24(21-13-5-1-6-14-21,22-15-7-2-8-16-22)23-17-9-3-10-18-23/h1-20H/q+1.